The predicted molar refractivity (Wildman–Crippen MR) is 90.6 cm³/mol. The van der Waals surface area contributed by atoms with E-state index in [2.05, 4.69) is 10.4 Å². The highest BCUT2D eigenvalue weighted by molar-refractivity contribution is 5.81. The molecule has 1 N–H and O–H groups in total. The highest BCUT2D eigenvalue weighted by Crippen LogP contribution is 2.21. The number of hydrogen-bond donors (Lipinski definition) is 1. The molecule has 7 nitrogen and oxygen atoms in total. The summed E-state index contributed by atoms with van der Waals surface area (Å²) in [6, 6.07) is 4.94. The number of rotatable bonds is 5. The van der Waals surface area contributed by atoms with Gasteiger partial charge >= 0.3 is 0 Å². The van der Waals surface area contributed by atoms with Crippen LogP contribution in [0.25, 0.3) is 10.9 Å². The van der Waals surface area contributed by atoms with E-state index in [-0.39, 0.29) is 17.6 Å². The first-order valence-electron chi connectivity index (χ1n) is 8.53. The number of non-ortho nitro benzene ring substituents is 1. The Kier molecular flexibility index (Phi) is 5.08. The first-order chi connectivity index (χ1) is 11.6. The van der Waals surface area contributed by atoms with Crippen LogP contribution in [0.4, 0.5) is 5.69 Å². The number of carbonyl (C=O) groups is 1. The highest BCUT2D eigenvalue weighted by Gasteiger charge is 2.15. The van der Waals surface area contributed by atoms with Gasteiger partial charge in [0.2, 0.25) is 5.91 Å². The van der Waals surface area contributed by atoms with Gasteiger partial charge in [0.25, 0.3) is 5.69 Å². The van der Waals surface area contributed by atoms with Gasteiger partial charge in [0.1, 0.15) is 0 Å². The van der Waals surface area contributed by atoms with Gasteiger partial charge in [-0.2, -0.15) is 5.10 Å². The molecule has 0 bridgehead atoms. The lowest BCUT2D eigenvalue weighted by molar-refractivity contribution is -0.384. The molecule has 1 aliphatic carbocycles. The molecular formula is C17H22N4O3. The number of benzene rings is 1. The molecule has 7 heteroatoms. The van der Waals surface area contributed by atoms with Crippen molar-refractivity contribution >= 4 is 22.5 Å². The molecule has 0 spiro atoms. The second-order valence-corrected chi connectivity index (χ2v) is 6.37. The van der Waals surface area contributed by atoms with Gasteiger partial charge in [0, 0.05) is 30.0 Å². The molecule has 0 radical (unpaired) electrons. The number of carbonyl (C=O) groups excluding carboxylic acids is 1. The molecule has 1 saturated carbocycles. The van der Waals surface area contributed by atoms with Gasteiger partial charge in [0.05, 0.1) is 23.2 Å². The summed E-state index contributed by atoms with van der Waals surface area (Å²) in [6.07, 6.45) is 8.98. The van der Waals surface area contributed by atoms with E-state index in [1.807, 2.05) is 0 Å². The van der Waals surface area contributed by atoms with Gasteiger partial charge in [-0.3, -0.25) is 19.6 Å². The fourth-order valence-corrected chi connectivity index (χ4v) is 3.28. The van der Waals surface area contributed by atoms with Gasteiger partial charge in [-0.05, 0) is 18.9 Å². The lowest BCUT2D eigenvalue weighted by atomic mass is 10.1. The van der Waals surface area contributed by atoms with Gasteiger partial charge < -0.3 is 5.32 Å². The van der Waals surface area contributed by atoms with Crippen LogP contribution in [-0.4, -0.2) is 26.7 Å². The van der Waals surface area contributed by atoms with Crippen molar-refractivity contribution in [3.8, 4) is 0 Å². The van der Waals surface area contributed by atoms with Crippen molar-refractivity contribution in [1.29, 1.82) is 0 Å². The average Bonchev–Trinajstić information content (AvgIpc) is 2.80. The van der Waals surface area contributed by atoms with E-state index >= 15 is 0 Å². The van der Waals surface area contributed by atoms with E-state index in [1.54, 1.807) is 16.9 Å². The van der Waals surface area contributed by atoms with Gasteiger partial charge in [-0.25, -0.2) is 0 Å². The number of fused-ring (bicyclic) bond motifs is 1. The summed E-state index contributed by atoms with van der Waals surface area (Å²) in [6.45, 7) is 0.420. The molecule has 1 amide bonds. The van der Waals surface area contributed by atoms with Crippen LogP contribution in [0.1, 0.15) is 44.9 Å². The molecule has 128 valence electrons. The molecule has 0 atom stereocenters. The SMILES string of the molecule is O=C(CCn1ncc2ccc([N+](=O)[O-])cc21)NC1CCCCCC1. The summed E-state index contributed by atoms with van der Waals surface area (Å²) in [5.74, 6) is 0.0241. The number of nitro benzene ring substituents is 1. The Labute approximate surface area is 140 Å². The Bertz CT molecular complexity index is 733. The van der Waals surface area contributed by atoms with Crippen LogP contribution in [0.3, 0.4) is 0 Å². The molecule has 0 saturated heterocycles. The van der Waals surface area contributed by atoms with Crippen molar-refractivity contribution in [3.05, 3.63) is 34.5 Å². The second kappa shape index (κ2) is 7.42. The molecule has 3 rings (SSSR count). The summed E-state index contributed by atoms with van der Waals surface area (Å²) in [4.78, 5) is 22.7. The Morgan fingerprint density at radius 3 is 2.75 bits per heavy atom. The first-order valence-corrected chi connectivity index (χ1v) is 8.53. The lowest BCUT2D eigenvalue weighted by Gasteiger charge is -2.16. The van der Waals surface area contributed by atoms with E-state index < -0.39 is 4.92 Å². The molecule has 24 heavy (non-hydrogen) atoms. The Hall–Kier alpha value is -2.44. The zero-order valence-corrected chi connectivity index (χ0v) is 13.6. The Morgan fingerprint density at radius 2 is 2.04 bits per heavy atom. The van der Waals surface area contributed by atoms with Crippen LogP contribution < -0.4 is 5.32 Å². The third-order valence-electron chi connectivity index (χ3n) is 4.61. The van der Waals surface area contributed by atoms with Crippen molar-refractivity contribution in [2.75, 3.05) is 0 Å². The summed E-state index contributed by atoms with van der Waals surface area (Å²) in [5.41, 5.74) is 0.721. The van der Waals surface area contributed by atoms with Crippen molar-refractivity contribution in [1.82, 2.24) is 15.1 Å². The quantitative estimate of drug-likeness (QED) is 0.518. The third-order valence-corrected chi connectivity index (χ3v) is 4.61. The van der Waals surface area contributed by atoms with E-state index in [1.165, 1.54) is 37.8 Å². The minimum absolute atomic E-state index is 0.0241. The number of nitro groups is 1. The zero-order valence-electron chi connectivity index (χ0n) is 13.6. The first kappa shape index (κ1) is 16.4. The summed E-state index contributed by atoms with van der Waals surface area (Å²) in [5, 5.41) is 19.1. The fraction of sp³-hybridized carbons (Fsp3) is 0.529. The van der Waals surface area contributed by atoms with E-state index in [0.29, 0.717) is 18.5 Å². The molecule has 0 unspecified atom stereocenters. The van der Waals surface area contributed by atoms with Crippen LogP contribution in [-0.2, 0) is 11.3 Å². The largest absolute Gasteiger partial charge is 0.353 e. The van der Waals surface area contributed by atoms with Gasteiger partial charge in [-0.1, -0.05) is 25.7 Å². The minimum atomic E-state index is -0.421. The molecule has 1 aromatic heterocycles. The van der Waals surface area contributed by atoms with Crippen molar-refractivity contribution < 1.29 is 9.72 Å². The van der Waals surface area contributed by atoms with Crippen LogP contribution in [0.2, 0.25) is 0 Å². The molecule has 1 aliphatic rings. The van der Waals surface area contributed by atoms with E-state index in [9.17, 15) is 14.9 Å². The fourth-order valence-electron chi connectivity index (χ4n) is 3.28. The number of aromatic nitrogens is 2. The number of hydrogen-bond acceptors (Lipinski definition) is 4. The van der Waals surface area contributed by atoms with E-state index in [4.69, 9.17) is 0 Å². The normalized spacial score (nSPS) is 16.0. The smallest absolute Gasteiger partial charge is 0.271 e. The predicted octanol–water partition coefficient (Wildman–Crippen LogP) is 3.17. The number of aryl methyl sites for hydroxylation is 1. The maximum absolute atomic E-state index is 12.2. The number of nitrogens with one attached hydrogen (secondary N) is 1. The summed E-state index contributed by atoms with van der Waals surface area (Å²) in [7, 11) is 0. The highest BCUT2D eigenvalue weighted by atomic mass is 16.6. The van der Waals surface area contributed by atoms with Crippen LogP contribution in [0, 0.1) is 10.1 Å². The van der Waals surface area contributed by atoms with Gasteiger partial charge in [0.15, 0.2) is 0 Å². The standard InChI is InChI=1S/C17H22N4O3/c22-17(19-14-5-3-1-2-4-6-14)9-10-20-16-11-15(21(23)24)8-7-13(16)12-18-20/h7-8,11-12,14H,1-6,9-10H2,(H,19,22). The molecular weight excluding hydrogens is 308 g/mol. The summed E-state index contributed by atoms with van der Waals surface area (Å²) < 4.78 is 1.66. The maximum atomic E-state index is 12.2. The third kappa shape index (κ3) is 3.90. The van der Waals surface area contributed by atoms with E-state index in [0.717, 1.165) is 18.2 Å². The average molecular weight is 330 g/mol. The lowest BCUT2D eigenvalue weighted by Crippen LogP contribution is -2.34. The number of nitrogens with zero attached hydrogens (tertiary/aromatic N) is 3. The molecule has 1 heterocycles. The van der Waals surface area contributed by atoms with Crippen molar-refractivity contribution in [2.45, 2.75) is 57.5 Å². The molecule has 0 aliphatic heterocycles. The zero-order chi connectivity index (χ0) is 16.9. The maximum Gasteiger partial charge on any atom is 0.271 e. The van der Waals surface area contributed by atoms with Gasteiger partial charge in [-0.15, -0.1) is 0 Å². The number of amides is 1. The summed E-state index contributed by atoms with van der Waals surface area (Å²) >= 11 is 0. The van der Waals surface area contributed by atoms with Crippen LogP contribution in [0.5, 0.6) is 0 Å². The topological polar surface area (TPSA) is 90.1 Å². The molecule has 2 aromatic rings. The minimum Gasteiger partial charge on any atom is -0.353 e. The second-order valence-electron chi connectivity index (χ2n) is 6.37. The molecule has 1 fully saturated rings. The Morgan fingerprint density at radius 1 is 1.29 bits per heavy atom. The Balaban J connectivity index is 1.61. The van der Waals surface area contributed by atoms with Crippen molar-refractivity contribution in [3.63, 3.8) is 0 Å². The van der Waals surface area contributed by atoms with Crippen LogP contribution in [0.15, 0.2) is 24.4 Å². The molecule has 1 aromatic carbocycles. The monoisotopic (exact) mass is 330 g/mol. The van der Waals surface area contributed by atoms with Crippen LogP contribution >= 0.6 is 0 Å². The van der Waals surface area contributed by atoms with Crippen molar-refractivity contribution in [2.24, 2.45) is 0 Å².